The minimum atomic E-state index is -1.56. The van der Waals surface area contributed by atoms with Gasteiger partial charge in [0.15, 0.2) is 0 Å². The summed E-state index contributed by atoms with van der Waals surface area (Å²) in [5, 5.41) is 0.739. The molecule has 0 spiro atoms. The Balaban J connectivity index is 0.000000231. The number of hydrogen-bond donors (Lipinski definition) is 0. The maximum absolute atomic E-state index is 5.67. The smallest absolute Gasteiger partial charge is 0.218 e. The summed E-state index contributed by atoms with van der Waals surface area (Å²) in [5.41, 5.74) is 0.825. The Bertz CT molecular complexity index is 647. The zero-order valence-corrected chi connectivity index (χ0v) is 17.5. The third-order valence-corrected chi connectivity index (χ3v) is 4.16. The Hall–Kier alpha value is 0.910. The molecule has 126 valence electrons. The number of rotatable bonds is 0. The van der Waals surface area contributed by atoms with Gasteiger partial charge >= 0.3 is 0 Å². The summed E-state index contributed by atoms with van der Waals surface area (Å²) in [6, 6.07) is 6.20. The summed E-state index contributed by atoms with van der Waals surface area (Å²) < 4.78 is -2.98. The maximum atomic E-state index is 5.67. The predicted octanol–water partition coefficient (Wildman–Crippen LogP) is 7.78. The van der Waals surface area contributed by atoms with E-state index in [0.717, 1.165) is 0 Å². The van der Waals surface area contributed by atoms with Crippen LogP contribution in [0.25, 0.3) is 0 Å². The second kappa shape index (κ2) is 9.02. The van der Waals surface area contributed by atoms with Crippen LogP contribution in [0, 0.1) is 0 Å². The molecule has 0 aliphatic heterocycles. The fourth-order valence-corrected chi connectivity index (χ4v) is 2.70. The lowest BCUT2D eigenvalue weighted by atomic mass is 10.3. The molecule has 0 unspecified atom stereocenters. The number of nitrogens with zero attached hydrogens (tertiary/aromatic N) is 2. The zero-order chi connectivity index (χ0) is 17.8. The fourth-order valence-electron chi connectivity index (χ4n) is 1.17. The summed E-state index contributed by atoms with van der Waals surface area (Å²) in [5.74, 6) is 0. The molecule has 0 amide bonds. The molecule has 2 heterocycles. The van der Waals surface area contributed by atoms with Crippen LogP contribution in [0.3, 0.4) is 0 Å². The number of halogens is 9. The zero-order valence-electron chi connectivity index (χ0n) is 10.7. The first-order valence-electron chi connectivity index (χ1n) is 5.49. The first-order chi connectivity index (χ1) is 10.4. The third kappa shape index (κ3) is 7.77. The molecule has 0 radical (unpaired) electrons. The molecule has 0 saturated carbocycles. The molecular formula is C12H5Cl9N2. The van der Waals surface area contributed by atoms with Crippen LogP contribution in [-0.2, 0) is 7.59 Å². The Kier molecular flexibility index (Phi) is 8.61. The highest BCUT2D eigenvalue weighted by Crippen LogP contribution is 2.41. The summed E-state index contributed by atoms with van der Waals surface area (Å²) >= 11 is 50.1. The molecule has 23 heavy (non-hydrogen) atoms. The van der Waals surface area contributed by atoms with Crippen molar-refractivity contribution < 1.29 is 0 Å². The van der Waals surface area contributed by atoms with Gasteiger partial charge in [0.05, 0.1) is 0 Å². The van der Waals surface area contributed by atoms with Gasteiger partial charge in [0.25, 0.3) is 0 Å². The van der Waals surface area contributed by atoms with Crippen molar-refractivity contribution in [1.29, 1.82) is 0 Å². The lowest BCUT2D eigenvalue weighted by molar-refractivity contribution is 1.17. The molecule has 0 N–H and O–H groups in total. The number of pyridine rings is 2. The van der Waals surface area contributed by atoms with Crippen molar-refractivity contribution in [2.24, 2.45) is 0 Å². The summed E-state index contributed by atoms with van der Waals surface area (Å²) in [4.78, 5) is 7.48. The molecule has 0 aliphatic carbocycles. The van der Waals surface area contributed by atoms with Crippen LogP contribution in [0.5, 0.6) is 0 Å². The molecule has 2 nitrogen and oxygen atoms in total. The van der Waals surface area contributed by atoms with Crippen LogP contribution in [-0.4, -0.2) is 9.97 Å². The first-order valence-corrected chi connectivity index (χ1v) is 8.89. The highest BCUT2D eigenvalue weighted by molar-refractivity contribution is 6.67. The summed E-state index contributed by atoms with van der Waals surface area (Å²) in [6.45, 7) is 0. The van der Waals surface area contributed by atoms with Crippen LogP contribution < -0.4 is 0 Å². The molecule has 0 aliphatic rings. The third-order valence-electron chi connectivity index (χ3n) is 2.17. The van der Waals surface area contributed by atoms with E-state index in [1.807, 2.05) is 0 Å². The topological polar surface area (TPSA) is 25.8 Å². The molecule has 0 saturated heterocycles. The van der Waals surface area contributed by atoms with Gasteiger partial charge in [0.2, 0.25) is 7.59 Å². The monoisotopic (exact) mass is 492 g/mol. The largest absolute Gasteiger partial charge is 0.244 e. The Morgan fingerprint density at radius 2 is 1.26 bits per heavy atom. The van der Waals surface area contributed by atoms with Gasteiger partial charge in [-0.2, -0.15) is 0 Å². The van der Waals surface area contributed by atoms with Crippen molar-refractivity contribution in [1.82, 2.24) is 9.97 Å². The molecule has 0 aromatic carbocycles. The van der Waals surface area contributed by atoms with Gasteiger partial charge in [-0.15, -0.1) is 0 Å². The molecule has 2 rings (SSSR count). The molecule has 2 aromatic rings. The van der Waals surface area contributed by atoms with Crippen LogP contribution in [0.4, 0.5) is 0 Å². The highest BCUT2D eigenvalue weighted by Gasteiger charge is 2.26. The molecule has 11 heteroatoms. The van der Waals surface area contributed by atoms with Gasteiger partial charge in [-0.3, -0.25) is 0 Å². The SMILES string of the molecule is Clc1ccc(C(Cl)(Cl)Cl)c(Cl)n1.Clc1ccc(C(Cl)(Cl)Cl)cn1. The quantitative estimate of drug-likeness (QED) is 0.275. The van der Waals surface area contributed by atoms with Gasteiger partial charge in [-0.25, -0.2) is 9.97 Å². The van der Waals surface area contributed by atoms with Crippen LogP contribution in [0.15, 0.2) is 30.5 Å². The van der Waals surface area contributed by atoms with Gasteiger partial charge in [0, 0.05) is 17.3 Å². The van der Waals surface area contributed by atoms with Crippen molar-refractivity contribution in [3.05, 3.63) is 57.0 Å². The predicted molar refractivity (Wildman–Crippen MR) is 102 cm³/mol. The Morgan fingerprint density at radius 3 is 1.65 bits per heavy atom. The standard InChI is InChI=1S/C6H2Cl5N.C6H3Cl4N/c7-4-2-1-3(5(8)12-4)6(9,10)11;7-5-2-1-4(3-11-5)6(8,9)10/h1-2H;1-3H. The van der Waals surface area contributed by atoms with Crippen molar-refractivity contribution in [2.45, 2.75) is 7.59 Å². The molecule has 0 fully saturated rings. The summed E-state index contributed by atoms with van der Waals surface area (Å²) in [7, 11) is 0. The van der Waals surface area contributed by atoms with Crippen LogP contribution in [0.1, 0.15) is 11.1 Å². The Morgan fingerprint density at radius 1 is 0.696 bits per heavy atom. The van der Waals surface area contributed by atoms with Gasteiger partial charge < -0.3 is 0 Å². The maximum Gasteiger partial charge on any atom is 0.218 e. The average Bonchev–Trinajstić information content (AvgIpc) is 2.37. The fraction of sp³-hybridized carbons (Fsp3) is 0.167. The van der Waals surface area contributed by atoms with Crippen LogP contribution >= 0.6 is 104 Å². The first kappa shape index (κ1) is 22.0. The van der Waals surface area contributed by atoms with Crippen molar-refractivity contribution in [3.8, 4) is 0 Å². The van der Waals surface area contributed by atoms with Gasteiger partial charge in [-0.05, 0) is 18.2 Å². The van der Waals surface area contributed by atoms with E-state index in [1.54, 1.807) is 12.1 Å². The lowest BCUT2D eigenvalue weighted by Gasteiger charge is -2.11. The van der Waals surface area contributed by atoms with E-state index in [4.69, 9.17) is 104 Å². The number of alkyl halides is 6. The van der Waals surface area contributed by atoms with Crippen molar-refractivity contribution in [3.63, 3.8) is 0 Å². The second-order valence-corrected chi connectivity index (χ2v) is 9.53. The lowest BCUT2D eigenvalue weighted by Crippen LogP contribution is -2.01. The molecule has 0 bridgehead atoms. The average molecular weight is 496 g/mol. The van der Waals surface area contributed by atoms with Gasteiger partial charge in [-0.1, -0.05) is 110 Å². The molecular weight excluding hydrogens is 491 g/mol. The number of aromatic nitrogens is 2. The normalized spacial score (nSPS) is 11.7. The van der Waals surface area contributed by atoms with Crippen LogP contribution in [0.2, 0.25) is 15.5 Å². The van der Waals surface area contributed by atoms with E-state index in [0.29, 0.717) is 16.3 Å². The van der Waals surface area contributed by atoms with E-state index >= 15 is 0 Å². The summed E-state index contributed by atoms with van der Waals surface area (Å²) in [6.07, 6.45) is 1.43. The second-order valence-electron chi connectivity index (χ2n) is 3.84. The van der Waals surface area contributed by atoms with E-state index in [-0.39, 0.29) is 10.3 Å². The number of hydrogen-bond acceptors (Lipinski definition) is 2. The molecule has 2 aromatic heterocycles. The van der Waals surface area contributed by atoms with Crippen molar-refractivity contribution >= 4 is 104 Å². The van der Waals surface area contributed by atoms with E-state index in [2.05, 4.69) is 9.97 Å². The van der Waals surface area contributed by atoms with E-state index in [1.165, 1.54) is 18.3 Å². The highest BCUT2D eigenvalue weighted by atomic mass is 35.6. The molecule has 0 atom stereocenters. The minimum absolute atomic E-state index is 0.0995. The minimum Gasteiger partial charge on any atom is -0.244 e. The van der Waals surface area contributed by atoms with E-state index in [9.17, 15) is 0 Å². The van der Waals surface area contributed by atoms with Crippen molar-refractivity contribution in [2.75, 3.05) is 0 Å². The van der Waals surface area contributed by atoms with E-state index < -0.39 is 7.59 Å². The Labute approximate surface area is 177 Å². The van der Waals surface area contributed by atoms with Gasteiger partial charge in [0.1, 0.15) is 15.5 Å².